The van der Waals surface area contributed by atoms with Gasteiger partial charge in [0.05, 0.1) is 35.5 Å². The van der Waals surface area contributed by atoms with Crippen LogP contribution in [0.25, 0.3) is 5.52 Å². The van der Waals surface area contributed by atoms with E-state index in [9.17, 15) is 13.2 Å². The van der Waals surface area contributed by atoms with Crippen molar-refractivity contribution in [2.45, 2.75) is 18.7 Å². The van der Waals surface area contributed by atoms with Crippen LogP contribution in [0.5, 0.6) is 5.75 Å². The molecule has 0 unspecified atom stereocenters. The van der Waals surface area contributed by atoms with E-state index >= 15 is 0 Å². The minimum Gasteiger partial charge on any atom is -0.494 e. The second-order valence-electron chi connectivity index (χ2n) is 5.53. The topological polar surface area (TPSA) is 99.0 Å². The van der Waals surface area contributed by atoms with Crippen LogP contribution in [0.1, 0.15) is 24.2 Å². The van der Waals surface area contributed by atoms with Crippen molar-refractivity contribution in [3.8, 4) is 5.75 Å². The molecule has 0 aliphatic carbocycles. The summed E-state index contributed by atoms with van der Waals surface area (Å²) in [4.78, 5) is 12.1. The predicted octanol–water partition coefficient (Wildman–Crippen LogP) is 2.71. The molecule has 0 bridgehead atoms. The molecular weight excluding hydrogens is 370 g/mol. The third-order valence-corrected chi connectivity index (χ3v) is 5.11. The zero-order valence-corrected chi connectivity index (χ0v) is 15.7. The van der Waals surface area contributed by atoms with Crippen molar-refractivity contribution in [1.82, 2.24) is 9.61 Å². The minimum atomic E-state index is -3.79. The zero-order chi connectivity index (χ0) is 19.4. The lowest BCUT2D eigenvalue weighted by Crippen LogP contribution is -2.13. The number of nitrogens with zero attached hydrogens (tertiary/aromatic N) is 2. The van der Waals surface area contributed by atoms with E-state index in [0.29, 0.717) is 23.6 Å². The van der Waals surface area contributed by atoms with Crippen LogP contribution in [0.4, 0.5) is 5.69 Å². The van der Waals surface area contributed by atoms with Crippen molar-refractivity contribution in [2.75, 3.05) is 17.9 Å². The van der Waals surface area contributed by atoms with Crippen molar-refractivity contribution >= 4 is 27.2 Å². The fourth-order valence-corrected chi connectivity index (χ4v) is 3.56. The van der Waals surface area contributed by atoms with Gasteiger partial charge in [-0.1, -0.05) is 0 Å². The molecule has 1 N–H and O–H groups in total. The van der Waals surface area contributed by atoms with E-state index < -0.39 is 16.0 Å². The highest BCUT2D eigenvalue weighted by molar-refractivity contribution is 7.92. The molecule has 2 heterocycles. The first-order valence-corrected chi connectivity index (χ1v) is 9.83. The van der Waals surface area contributed by atoms with Crippen molar-refractivity contribution in [3.05, 3.63) is 54.4 Å². The smallest absolute Gasteiger partial charge is 0.341 e. The number of carbonyl (C=O) groups is 1. The summed E-state index contributed by atoms with van der Waals surface area (Å²) in [7, 11) is -3.79. The average Bonchev–Trinajstić information content (AvgIpc) is 3.05. The number of ether oxygens (including phenoxy) is 2. The van der Waals surface area contributed by atoms with E-state index in [4.69, 9.17) is 9.47 Å². The molecule has 0 fully saturated rings. The first-order chi connectivity index (χ1) is 12.9. The van der Waals surface area contributed by atoms with Crippen LogP contribution < -0.4 is 9.46 Å². The molecular formula is C18H19N3O5S. The lowest BCUT2D eigenvalue weighted by atomic mass is 10.2. The van der Waals surface area contributed by atoms with Crippen LogP contribution in [0.2, 0.25) is 0 Å². The molecule has 0 amide bonds. The summed E-state index contributed by atoms with van der Waals surface area (Å²) >= 11 is 0. The van der Waals surface area contributed by atoms with Gasteiger partial charge in [0.1, 0.15) is 11.3 Å². The van der Waals surface area contributed by atoms with Gasteiger partial charge in [0.25, 0.3) is 10.0 Å². The third kappa shape index (κ3) is 4.03. The van der Waals surface area contributed by atoms with Gasteiger partial charge in [0.15, 0.2) is 0 Å². The maximum atomic E-state index is 12.6. The number of sulfonamides is 1. The van der Waals surface area contributed by atoms with E-state index in [1.54, 1.807) is 31.3 Å². The van der Waals surface area contributed by atoms with Gasteiger partial charge in [-0.25, -0.2) is 17.7 Å². The van der Waals surface area contributed by atoms with Crippen LogP contribution in [-0.2, 0) is 14.8 Å². The molecule has 9 heteroatoms. The number of benzene rings is 1. The first kappa shape index (κ1) is 18.7. The maximum absolute atomic E-state index is 12.6. The number of esters is 1. The number of rotatable bonds is 7. The van der Waals surface area contributed by atoms with E-state index in [-0.39, 0.29) is 17.1 Å². The molecule has 27 heavy (non-hydrogen) atoms. The van der Waals surface area contributed by atoms with Gasteiger partial charge in [0.2, 0.25) is 0 Å². The molecule has 1 aromatic carbocycles. The molecule has 3 aromatic rings. The summed E-state index contributed by atoms with van der Waals surface area (Å²) in [5, 5.41) is 4.07. The van der Waals surface area contributed by atoms with Crippen molar-refractivity contribution in [2.24, 2.45) is 0 Å². The Bertz CT molecular complexity index is 1060. The molecule has 0 radical (unpaired) electrons. The second-order valence-corrected chi connectivity index (χ2v) is 7.22. The van der Waals surface area contributed by atoms with E-state index in [0.717, 1.165) is 0 Å². The summed E-state index contributed by atoms with van der Waals surface area (Å²) in [6.07, 6.45) is 2.95. The number of anilines is 1. The van der Waals surface area contributed by atoms with E-state index in [1.807, 2.05) is 6.92 Å². The fourth-order valence-electron chi connectivity index (χ4n) is 2.51. The number of carbonyl (C=O) groups excluding carboxylic acids is 1. The van der Waals surface area contributed by atoms with Gasteiger partial charge >= 0.3 is 5.97 Å². The van der Waals surface area contributed by atoms with Crippen molar-refractivity contribution < 1.29 is 22.7 Å². The minimum absolute atomic E-state index is 0.102. The van der Waals surface area contributed by atoms with Gasteiger partial charge in [-0.2, -0.15) is 5.10 Å². The Morgan fingerprint density at radius 1 is 1.15 bits per heavy atom. The zero-order valence-electron chi connectivity index (χ0n) is 14.9. The number of nitrogens with one attached hydrogen (secondary N) is 1. The lowest BCUT2D eigenvalue weighted by molar-refractivity contribution is 0.0528. The standard InChI is InChI=1S/C18H19N3O5S/c1-3-25-14-5-7-15(8-6-14)27(23,24)20-13-9-10-21-17(11-13)16(12-19-21)18(22)26-4-2/h5-12,20H,3-4H2,1-2H3. The second kappa shape index (κ2) is 7.67. The Hall–Kier alpha value is -3.07. The van der Waals surface area contributed by atoms with Gasteiger partial charge in [-0.15, -0.1) is 0 Å². The Morgan fingerprint density at radius 2 is 1.89 bits per heavy atom. The average molecular weight is 389 g/mol. The molecule has 0 aliphatic heterocycles. The van der Waals surface area contributed by atoms with Gasteiger partial charge in [0, 0.05) is 6.20 Å². The van der Waals surface area contributed by atoms with Crippen LogP contribution in [-0.4, -0.2) is 37.2 Å². The van der Waals surface area contributed by atoms with Crippen LogP contribution in [0.15, 0.2) is 53.7 Å². The molecule has 3 rings (SSSR count). The largest absolute Gasteiger partial charge is 0.494 e. The summed E-state index contributed by atoms with van der Waals surface area (Å²) in [5.74, 6) is 0.0789. The van der Waals surface area contributed by atoms with Gasteiger partial charge in [-0.05, 0) is 50.2 Å². The van der Waals surface area contributed by atoms with Gasteiger partial charge < -0.3 is 9.47 Å². The van der Waals surface area contributed by atoms with Crippen LogP contribution >= 0.6 is 0 Å². The maximum Gasteiger partial charge on any atom is 0.341 e. The van der Waals surface area contributed by atoms with Crippen LogP contribution in [0, 0.1) is 0 Å². The summed E-state index contributed by atoms with van der Waals surface area (Å²) in [6.45, 7) is 4.29. The predicted molar refractivity (Wildman–Crippen MR) is 99.6 cm³/mol. The van der Waals surface area contributed by atoms with Crippen molar-refractivity contribution in [3.63, 3.8) is 0 Å². The molecule has 2 aromatic heterocycles. The highest BCUT2D eigenvalue weighted by Crippen LogP contribution is 2.22. The Morgan fingerprint density at radius 3 is 2.56 bits per heavy atom. The third-order valence-electron chi connectivity index (χ3n) is 3.71. The Balaban J connectivity index is 1.88. The number of hydrogen-bond donors (Lipinski definition) is 1. The summed E-state index contributed by atoms with van der Waals surface area (Å²) in [5.41, 5.74) is 1.02. The number of aromatic nitrogens is 2. The molecule has 0 atom stereocenters. The highest BCUT2D eigenvalue weighted by atomic mass is 32.2. The molecule has 142 valence electrons. The first-order valence-electron chi connectivity index (χ1n) is 8.34. The van der Waals surface area contributed by atoms with Crippen LogP contribution in [0.3, 0.4) is 0 Å². The van der Waals surface area contributed by atoms with E-state index in [2.05, 4.69) is 9.82 Å². The lowest BCUT2D eigenvalue weighted by Gasteiger charge is -2.10. The molecule has 8 nitrogen and oxygen atoms in total. The Kier molecular flexibility index (Phi) is 5.31. The van der Waals surface area contributed by atoms with Gasteiger partial charge in [-0.3, -0.25) is 4.72 Å². The normalized spacial score (nSPS) is 11.3. The SMILES string of the molecule is CCOC(=O)c1cnn2ccc(NS(=O)(=O)c3ccc(OCC)cc3)cc12. The molecule has 0 aliphatic rings. The molecule has 0 saturated heterocycles. The fraction of sp³-hybridized carbons (Fsp3) is 0.222. The number of fused-ring (bicyclic) bond motifs is 1. The molecule has 0 saturated carbocycles. The quantitative estimate of drug-likeness (QED) is 0.624. The monoisotopic (exact) mass is 389 g/mol. The number of hydrogen-bond acceptors (Lipinski definition) is 6. The van der Waals surface area contributed by atoms with Crippen molar-refractivity contribution in [1.29, 1.82) is 0 Å². The number of pyridine rings is 1. The Labute approximate surface area is 156 Å². The summed E-state index contributed by atoms with van der Waals surface area (Å²) in [6, 6.07) is 9.21. The summed E-state index contributed by atoms with van der Waals surface area (Å²) < 4.78 is 39.5. The molecule has 0 spiro atoms. The van der Waals surface area contributed by atoms with E-state index in [1.165, 1.54) is 28.9 Å². The highest BCUT2D eigenvalue weighted by Gasteiger charge is 2.17.